The van der Waals surface area contributed by atoms with Crippen molar-refractivity contribution in [2.45, 2.75) is 18.7 Å². The Kier molecular flexibility index (Phi) is 4.40. The van der Waals surface area contributed by atoms with Gasteiger partial charge in [0.05, 0.1) is 12.5 Å². The molecule has 0 spiro atoms. The Morgan fingerprint density at radius 3 is 2.54 bits per heavy atom. The maximum absolute atomic E-state index is 5.77. The van der Waals surface area contributed by atoms with Gasteiger partial charge in [-0.25, -0.2) is 0 Å². The van der Waals surface area contributed by atoms with Gasteiger partial charge in [0.25, 0.3) is 0 Å². The Labute approximate surface area is 88.6 Å². The van der Waals surface area contributed by atoms with Gasteiger partial charge in [-0.15, -0.1) is 23.2 Å². The number of ether oxygens (including phenoxy) is 1. The van der Waals surface area contributed by atoms with Gasteiger partial charge >= 0.3 is 0 Å². The predicted molar refractivity (Wildman–Crippen MR) is 56.7 cm³/mol. The molecule has 0 unspecified atom stereocenters. The molecule has 1 aromatic carbocycles. The maximum Gasteiger partial charge on any atom is 0.123 e. The molecule has 13 heavy (non-hydrogen) atoms. The minimum absolute atomic E-state index is 0.458. The van der Waals surface area contributed by atoms with Crippen LogP contribution >= 0.6 is 23.2 Å². The van der Waals surface area contributed by atoms with Gasteiger partial charge in [0.2, 0.25) is 0 Å². The smallest absolute Gasteiger partial charge is 0.123 e. The summed E-state index contributed by atoms with van der Waals surface area (Å²) in [5.74, 6) is 1.82. The number of rotatable bonds is 4. The minimum Gasteiger partial charge on any atom is -0.494 e. The highest BCUT2D eigenvalue weighted by Gasteiger charge is 2.02. The van der Waals surface area contributed by atoms with Crippen LogP contribution in [0.15, 0.2) is 18.2 Å². The molecule has 1 rings (SSSR count). The lowest BCUT2D eigenvalue weighted by molar-refractivity contribution is 0.337. The van der Waals surface area contributed by atoms with Crippen LogP contribution in [-0.4, -0.2) is 6.61 Å². The average Bonchev–Trinajstić information content (AvgIpc) is 2.19. The van der Waals surface area contributed by atoms with Crippen molar-refractivity contribution in [1.82, 2.24) is 0 Å². The van der Waals surface area contributed by atoms with E-state index in [2.05, 4.69) is 0 Å². The van der Waals surface area contributed by atoms with Crippen LogP contribution in [0.4, 0.5) is 0 Å². The Balaban J connectivity index is 2.93. The van der Waals surface area contributed by atoms with Crippen molar-refractivity contribution in [3.8, 4) is 5.75 Å². The van der Waals surface area contributed by atoms with Crippen molar-refractivity contribution in [2.75, 3.05) is 6.61 Å². The van der Waals surface area contributed by atoms with E-state index < -0.39 is 0 Å². The number of hydrogen-bond donors (Lipinski definition) is 0. The molecule has 0 radical (unpaired) electrons. The molecule has 0 fully saturated rings. The van der Waals surface area contributed by atoms with Crippen LogP contribution in [0, 0.1) is 0 Å². The van der Waals surface area contributed by atoms with Crippen molar-refractivity contribution in [2.24, 2.45) is 0 Å². The van der Waals surface area contributed by atoms with E-state index in [1.54, 1.807) is 0 Å². The van der Waals surface area contributed by atoms with E-state index in [9.17, 15) is 0 Å². The minimum atomic E-state index is 0.458. The lowest BCUT2D eigenvalue weighted by Crippen LogP contribution is -1.96. The molecular weight excluding hydrogens is 207 g/mol. The molecule has 0 N–H and O–H groups in total. The van der Waals surface area contributed by atoms with Crippen LogP contribution in [0.1, 0.15) is 18.1 Å². The van der Waals surface area contributed by atoms with E-state index in [4.69, 9.17) is 27.9 Å². The molecular formula is C10H12Cl2O. The van der Waals surface area contributed by atoms with Crippen LogP contribution in [0.5, 0.6) is 5.75 Å². The van der Waals surface area contributed by atoms with E-state index >= 15 is 0 Å². The summed E-state index contributed by atoms with van der Waals surface area (Å²) in [6.45, 7) is 2.61. The first-order valence-corrected chi connectivity index (χ1v) is 5.25. The number of benzene rings is 1. The average molecular weight is 219 g/mol. The molecule has 0 amide bonds. The van der Waals surface area contributed by atoms with E-state index in [1.165, 1.54) is 0 Å². The molecule has 1 nitrogen and oxygen atoms in total. The molecule has 0 aromatic heterocycles. The molecule has 0 heterocycles. The van der Waals surface area contributed by atoms with Crippen LogP contribution in [-0.2, 0) is 11.8 Å². The molecule has 0 bridgehead atoms. The first-order valence-electron chi connectivity index (χ1n) is 4.18. The fourth-order valence-electron chi connectivity index (χ4n) is 1.12. The topological polar surface area (TPSA) is 9.23 Å². The molecule has 0 aliphatic heterocycles. The first kappa shape index (κ1) is 10.7. The fourth-order valence-corrected chi connectivity index (χ4v) is 1.49. The van der Waals surface area contributed by atoms with Crippen LogP contribution in [0.25, 0.3) is 0 Å². The molecule has 0 saturated heterocycles. The maximum atomic E-state index is 5.77. The van der Waals surface area contributed by atoms with Gasteiger partial charge in [-0.1, -0.05) is 6.07 Å². The molecule has 0 aliphatic carbocycles. The second-order valence-electron chi connectivity index (χ2n) is 2.64. The van der Waals surface area contributed by atoms with Crippen LogP contribution in [0.2, 0.25) is 0 Å². The van der Waals surface area contributed by atoms with Crippen molar-refractivity contribution in [1.29, 1.82) is 0 Å². The second kappa shape index (κ2) is 5.36. The fraction of sp³-hybridized carbons (Fsp3) is 0.400. The third-order valence-electron chi connectivity index (χ3n) is 1.72. The molecule has 1 aromatic rings. The molecule has 0 saturated carbocycles. The Morgan fingerprint density at radius 2 is 2.00 bits per heavy atom. The first-order chi connectivity index (χ1) is 6.31. The van der Waals surface area contributed by atoms with Crippen molar-refractivity contribution >= 4 is 23.2 Å². The van der Waals surface area contributed by atoms with Gasteiger partial charge in [-0.2, -0.15) is 0 Å². The third-order valence-corrected chi connectivity index (χ3v) is 2.32. The summed E-state index contributed by atoms with van der Waals surface area (Å²) >= 11 is 11.5. The zero-order valence-corrected chi connectivity index (χ0v) is 9.03. The third kappa shape index (κ3) is 2.78. The lowest BCUT2D eigenvalue weighted by Gasteiger charge is -2.08. The molecule has 0 aliphatic rings. The van der Waals surface area contributed by atoms with E-state index in [1.807, 2.05) is 25.1 Å². The van der Waals surface area contributed by atoms with Gasteiger partial charge in [-0.3, -0.25) is 0 Å². The Morgan fingerprint density at radius 1 is 1.23 bits per heavy atom. The highest BCUT2D eigenvalue weighted by molar-refractivity contribution is 6.17. The van der Waals surface area contributed by atoms with Crippen molar-refractivity contribution in [3.05, 3.63) is 29.3 Å². The van der Waals surface area contributed by atoms with Gasteiger partial charge in [0.15, 0.2) is 0 Å². The zero-order valence-electron chi connectivity index (χ0n) is 7.52. The van der Waals surface area contributed by atoms with Gasteiger partial charge in [-0.05, 0) is 24.6 Å². The molecule has 0 atom stereocenters. The summed E-state index contributed by atoms with van der Waals surface area (Å²) in [4.78, 5) is 0. The Bertz CT molecular complexity index is 274. The largest absolute Gasteiger partial charge is 0.494 e. The van der Waals surface area contributed by atoms with Crippen LogP contribution < -0.4 is 4.74 Å². The van der Waals surface area contributed by atoms with Crippen molar-refractivity contribution < 1.29 is 4.74 Å². The Hall–Kier alpha value is -0.400. The summed E-state index contributed by atoms with van der Waals surface area (Å²) in [6.07, 6.45) is 0. The van der Waals surface area contributed by atoms with Crippen LogP contribution in [0.3, 0.4) is 0 Å². The summed E-state index contributed by atoms with van der Waals surface area (Å²) in [5.41, 5.74) is 2.07. The summed E-state index contributed by atoms with van der Waals surface area (Å²) in [5, 5.41) is 0. The number of hydrogen-bond acceptors (Lipinski definition) is 1. The summed E-state index contributed by atoms with van der Waals surface area (Å²) < 4.78 is 5.40. The SMILES string of the molecule is CCOc1ccc(CCl)cc1CCl. The second-order valence-corrected chi connectivity index (χ2v) is 3.18. The number of alkyl halides is 2. The number of halogens is 2. The standard InChI is InChI=1S/C10H12Cl2O/c1-2-13-10-4-3-8(6-11)5-9(10)7-12/h3-5H,2,6-7H2,1H3. The highest BCUT2D eigenvalue weighted by Crippen LogP contribution is 2.22. The van der Waals surface area contributed by atoms with Crippen molar-refractivity contribution in [3.63, 3.8) is 0 Å². The highest BCUT2D eigenvalue weighted by atomic mass is 35.5. The van der Waals surface area contributed by atoms with Gasteiger partial charge in [0.1, 0.15) is 5.75 Å². The normalized spacial score (nSPS) is 10.1. The molecule has 3 heteroatoms. The van der Waals surface area contributed by atoms with Gasteiger partial charge in [0, 0.05) is 11.4 Å². The summed E-state index contributed by atoms with van der Waals surface area (Å²) in [6, 6.07) is 5.85. The van der Waals surface area contributed by atoms with E-state index in [0.29, 0.717) is 18.4 Å². The van der Waals surface area contributed by atoms with E-state index in [-0.39, 0.29) is 0 Å². The summed E-state index contributed by atoms with van der Waals surface area (Å²) in [7, 11) is 0. The zero-order chi connectivity index (χ0) is 9.68. The van der Waals surface area contributed by atoms with E-state index in [0.717, 1.165) is 16.9 Å². The predicted octanol–water partition coefficient (Wildman–Crippen LogP) is 3.56. The van der Waals surface area contributed by atoms with Gasteiger partial charge < -0.3 is 4.74 Å². The monoisotopic (exact) mass is 218 g/mol. The quantitative estimate of drug-likeness (QED) is 0.703. The lowest BCUT2D eigenvalue weighted by atomic mass is 10.1. The molecule has 72 valence electrons.